The zero-order valence-corrected chi connectivity index (χ0v) is 13.6. The molecule has 1 aliphatic rings. The van der Waals surface area contributed by atoms with Crippen LogP contribution in [-0.4, -0.2) is 18.2 Å². The molecular formula is C12H18Cl2N2O2S. The first-order chi connectivity index (χ1) is 8.62. The third kappa shape index (κ3) is 2.93. The van der Waals surface area contributed by atoms with Crippen molar-refractivity contribution >= 4 is 31.3 Å². The highest BCUT2D eigenvalue weighted by atomic mass is 35.7. The fraction of sp³-hybridized carbons (Fsp3) is 0.750. The lowest BCUT2D eigenvalue weighted by molar-refractivity contribution is 0.352. The first-order valence-electron chi connectivity index (χ1n) is 6.36. The van der Waals surface area contributed by atoms with Crippen molar-refractivity contribution in [2.45, 2.75) is 62.8 Å². The van der Waals surface area contributed by atoms with Gasteiger partial charge in [-0.15, -0.1) is 0 Å². The van der Waals surface area contributed by atoms with E-state index in [1.54, 1.807) is 4.68 Å². The lowest BCUT2D eigenvalue weighted by Gasteiger charge is -2.20. The predicted molar refractivity (Wildman–Crippen MR) is 76.5 cm³/mol. The number of hydrogen-bond acceptors (Lipinski definition) is 3. The third-order valence-electron chi connectivity index (χ3n) is 3.43. The molecule has 0 atom stereocenters. The molecule has 0 aromatic carbocycles. The molecule has 1 heterocycles. The Morgan fingerprint density at radius 1 is 1.26 bits per heavy atom. The summed E-state index contributed by atoms with van der Waals surface area (Å²) >= 11 is 6.21. The zero-order chi connectivity index (χ0) is 14.4. The van der Waals surface area contributed by atoms with E-state index in [4.69, 9.17) is 22.3 Å². The molecule has 0 aliphatic heterocycles. The Kier molecular flexibility index (Phi) is 3.93. The second-order valence-corrected chi connectivity index (χ2v) is 8.87. The standard InChI is InChI=1S/C12H18Cl2N2O2S/c1-12(2,3)16-11(13)10(19(14,17)18)9(15-16)8-6-4-5-7-8/h8H,4-7H2,1-3H3. The van der Waals surface area contributed by atoms with Crippen LogP contribution in [0.15, 0.2) is 4.90 Å². The summed E-state index contributed by atoms with van der Waals surface area (Å²) in [6.45, 7) is 5.78. The van der Waals surface area contributed by atoms with E-state index in [1.165, 1.54) is 0 Å². The summed E-state index contributed by atoms with van der Waals surface area (Å²) in [7, 11) is 1.66. The van der Waals surface area contributed by atoms with Gasteiger partial charge in [0.2, 0.25) is 0 Å². The van der Waals surface area contributed by atoms with Gasteiger partial charge < -0.3 is 0 Å². The summed E-state index contributed by atoms with van der Waals surface area (Å²) in [5.41, 5.74) is 0.150. The van der Waals surface area contributed by atoms with Crippen molar-refractivity contribution in [2.75, 3.05) is 0 Å². The smallest absolute Gasteiger partial charge is 0.247 e. The molecule has 0 radical (unpaired) electrons. The van der Waals surface area contributed by atoms with Crippen molar-refractivity contribution in [2.24, 2.45) is 0 Å². The molecule has 1 aromatic heterocycles. The first kappa shape index (κ1) is 15.1. The van der Waals surface area contributed by atoms with E-state index in [9.17, 15) is 8.42 Å². The Bertz CT molecular complexity index is 582. The van der Waals surface area contributed by atoms with Crippen LogP contribution in [0.3, 0.4) is 0 Å². The Hall–Kier alpha value is -0.260. The molecule has 0 amide bonds. The van der Waals surface area contributed by atoms with Crippen molar-refractivity contribution in [3.63, 3.8) is 0 Å². The van der Waals surface area contributed by atoms with Crippen LogP contribution in [0.4, 0.5) is 0 Å². The number of nitrogens with zero attached hydrogens (tertiary/aromatic N) is 2. The number of hydrogen-bond donors (Lipinski definition) is 0. The number of halogens is 2. The largest absolute Gasteiger partial charge is 0.266 e. The van der Waals surface area contributed by atoms with Crippen molar-refractivity contribution < 1.29 is 8.42 Å². The monoisotopic (exact) mass is 324 g/mol. The van der Waals surface area contributed by atoms with Crippen LogP contribution in [0.1, 0.15) is 58.1 Å². The molecule has 0 N–H and O–H groups in total. The molecular weight excluding hydrogens is 307 g/mol. The van der Waals surface area contributed by atoms with Crippen LogP contribution in [0, 0.1) is 0 Å². The zero-order valence-electron chi connectivity index (χ0n) is 11.3. The molecule has 108 valence electrons. The lowest BCUT2D eigenvalue weighted by atomic mass is 10.1. The van der Waals surface area contributed by atoms with Gasteiger partial charge in [-0.2, -0.15) is 5.10 Å². The predicted octanol–water partition coefficient (Wildman–Crippen LogP) is 3.88. The molecule has 0 bridgehead atoms. The summed E-state index contributed by atoms with van der Waals surface area (Å²) in [4.78, 5) is -0.00217. The minimum Gasteiger partial charge on any atom is -0.247 e. The van der Waals surface area contributed by atoms with Gasteiger partial charge in [-0.25, -0.2) is 13.1 Å². The van der Waals surface area contributed by atoms with Gasteiger partial charge >= 0.3 is 0 Å². The molecule has 0 spiro atoms. The Balaban J connectivity index is 2.65. The van der Waals surface area contributed by atoms with Crippen LogP contribution in [0.5, 0.6) is 0 Å². The molecule has 7 heteroatoms. The molecule has 4 nitrogen and oxygen atoms in total. The molecule has 1 aromatic rings. The summed E-state index contributed by atoms with van der Waals surface area (Å²) in [5, 5.41) is 4.57. The van der Waals surface area contributed by atoms with E-state index >= 15 is 0 Å². The third-order valence-corrected chi connectivity index (χ3v) is 5.25. The minimum atomic E-state index is -3.88. The van der Waals surface area contributed by atoms with E-state index in [0.29, 0.717) is 5.69 Å². The van der Waals surface area contributed by atoms with Gasteiger partial charge in [-0.3, -0.25) is 0 Å². The van der Waals surface area contributed by atoms with Crippen LogP contribution in [0.25, 0.3) is 0 Å². The van der Waals surface area contributed by atoms with Gasteiger partial charge in [-0.05, 0) is 33.6 Å². The quantitative estimate of drug-likeness (QED) is 0.776. The van der Waals surface area contributed by atoms with Gasteiger partial charge in [0.05, 0.1) is 11.2 Å². The summed E-state index contributed by atoms with van der Waals surface area (Å²) in [5.74, 6) is 0.143. The van der Waals surface area contributed by atoms with Crippen molar-refractivity contribution in [1.82, 2.24) is 9.78 Å². The highest BCUT2D eigenvalue weighted by molar-refractivity contribution is 8.13. The van der Waals surface area contributed by atoms with Gasteiger partial charge in [0, 0.05) is 16.6 Å². The van der Waals surface area contributed by atoms with Crippen LogP contribution >= 0.6 is 22.3 Å². The molecule has 1 saturated carbocycles. The second-order valence-electron chi connectivity index (χ2n) is 6.01. The normalized spacial score (nSPS) is 18.2. The number of rotatable bonds is 2. The van der Waals surface area contributed by atoms with Crippen molar-refractivity contribution in [3.8, 4) is 0 Å². The first-order valence-corrected chi connectivity index (χ1v) is 9.04. The molecule has 0 unspecified atom stereocenters. The highest BCUT2D eigenvalue weighted by Crippen LogP contribution is 2.41. The van der Waals surface area contributed by atoms with Gasteiger partial charge in [0.1, 0.15) is 10.0 Å². The maximum absolute atomic E-state index is 11.8. The van der Waals surface area contributed by atoms with E-state index in [0.717, 1.165) is 25.7 Å². The Labute approximate surface area is 123 Å². The van der Waals surface area contributed by atoms with Gasteiger partial charge in [-0.1, -0.05) is 24.4 Å². The summed E-state index contributed by atoms with van der Waals surface area (Å²) < 4.78 is 25.2. The average Bonchev–Trinajstić information content (AvgIpc) is 2.79. The minimum absolute atomic E-state index is 0.00217. The lowest BCUT2D eigenvalue weighted by Crippen LogP contribution is -2.23. The molecule has 19 heavy (non-hydrogen) atoms. The summed E-state index contributed by atoms with van der Waals surface area (Å²) in [6.07, 6.45) is 4.06. The van der Waals surface area contributed by atoms with Gasteiger partial charge in [0.15, 0.2) is 0 Å². The van der Waals surface area contributed by atoms with Gasteiger partial charge in [0.25, 0.3) is 9.05 Å². The van der Waals surface area contributed by atoms with Crippen LogP contribution in [0.2, 0.25) is 5.15 Å². The number of aromatic nitrogens is 2. The second kappa shape index (κ2) is 4.93. The Morgan fingerprint density at radius 3 is 2.21 bits per heavy atom. The topological polar surface area (TPSA) is 52.0 Å². The SMILES string of the molecule is CC(C)(C)n1nc(C2CCCC2)c(S(=O)(=O)Cl)c1Cl. The Morgan fingerprint density at radius 2 is 1.79 bits per heavy atom. The van der Waals surface area contributed by atoms with E-state index in [2.05, 4.69) is 5.10 Å². The summed E-state index contributed by atoms with van der Waals surface area (Å²) in [6, 6.07) is 0. The molecule has 1 aliphatic carbocycles. The molecule has 0 saturated heterocycles. The van der Waals surface area contributed by atoms with Crippen molar-refractivity contribution in [3.05, 3.63) is 10.8 Å². The highest BCUT2D eigenvalue weighted by Gasteiger charge is 2.34. The van der Waals surface area contributed by atoms with Crippen LogP contribution < -0.4 is 0 Å². The van der Waals surface area contributed by atoms with Crippen molar-refractivity contribution in [1.29, 1.82) is 0 Å². The van der Waals surface area contributed by atoms with E-state index in [-0.39, 0.29) is 21.5 Å². The maximum Gasteiger partial charge on any atom is 0.266 e. The van der Waals surface area contributed by atoms with Crippen LogP contribution in [-0.2, 0) is 14.6 Å². The molecule has 2 rings (SSSR count). The molecule has 1 fully saturated rings. The fourth-order valence-electron chi connectivity index (χ4n) is 2.54. The maximum atomic E-state index is 11.8. The fourth-order valence-corrected chi connectivity index (χ4v) is 4.55. The average molecular weight is 325 g/mol. The van der Waals surface area contributed by atoms with E-state index < -0.39 is 9.05 Å². The van der Waals surface area contributed by atoms with E-state index in [1.807, 2.05) is 20.8 Å².